The Balaban J connectivity index is 1.99. The first kappa shape index (κ1) is 14.9. The van der Waals surface area contributed by atoms with Crippen LogP contribution >= 0.6 is 0 Å². The van der Waals surface area contributed by atoms with E-state index in [2.05, 4.69) is 35.5 Å². The lowest BCUT2D eigenvalue weighted by atomic mass is 10.3. The molecule has 126 valence electrons. The number of aryl methyl sites for hydroxylation is 1. The van der Waals surface area contributed by atoms with Crippen molar-refractivity contribution < 1.29 is 8.78 Å². The molecule has 0 aliphatic rings. The molecule has 0 aliphatic carbocycles. The second kappa shape index (κ2) is 5.47. The highest BCUT2D eigenvalue weighted by molar-refractivity contribution is 5.81. The van der Waals surface area contributed by atoms with E-state index >= 15 is 0 Å². The fraction of sp³-hybridized carbons (Fsp3) is 0.0714. The monoisotopic (exact) mass is 343 g/mol. The average Bonchev–Trinajstić information content (AvgIpc) is 3.15. The number of nitrogens with two attached hydrogens (primary N) is 1. The highest BCUT2D eigenvalue weighted by Crippen LogP contribution is 2.27. The summed E-state index contributed by atoms with van der Waals surface area (Å²) in [5.41, 5.74) is 6.17. The zero-order valence-corrected chi connectivity index (χ0v) is 12.8. The Hall–Kier alpha value is -3.63. The maximum absolute atomic E-state index is 13.8. The molecule has 9 nitrogen and oxygen atoms in total. The maximum Gasteiger partial charge on any atom is 0.242 e. The molecule has 0 fully saturated rings. The van der Waals surface area contributed by atoms with Gasteiger partial charge in [0.25, 0.3) is 0 Å². The van der Waals surface area contributed by atoms with Gasteiger partial charge in [0.2, 0.25) is 17.8 Å². The number of rotatable bonds is 3. The topological polar surface area (TPSA) is 123 Å². The maximum atomic E-state index is 13.8. The lowest BCUT2D eigenvalue weighted by Crippen LogP contribution is -2.10. The van der Waals surface area contributed by atoms with Crippen molar-refractivity contribution in [2.45, 2.75) is 6.92 Å². The standard InChI is InChI=1S/C14H11F2N9/c1-6-19-12(17)23-13(20-6)25-10-5-8(16)7(15)4-9(10)21-14(25)22-11-2-3-18-24-11/h2-5H,1H3,(H2,17,19,20,23)(H2,18,21,22,24). The molecule has 0 bridgehead atoms. The minimum Gasteiger partial charge on any atom is -0.368 e. The van der Waals surface area contributed by atoms with Crippen molar-refractivity contribution in [2.24, 2.45) is 0 Å². The molecule has 0 spiro atoms. The summed E-state index contributed by atoms with van der Waals surface area (Å²) in [5, 5.41) is 9.51. The predicted octanol–water partition coefficient (Wildman–Crippen LogP) is 1.85. The Kier molecular flexibility index (Phi) is 3.27. The van der Waals surface area contributed by atoms with Gasteiger partial charge in [0.15, 0.2) is 11.6 Å². The Morgan fingerprint density at radius 2 is 1.92 bits per heavy atom. The lowest BCUT2D eigenvalue weighted by molar-refractivity contribution is 0.510. The van der Waals surface area contributed by atoms with E-state index in [4.69, 9.17) is 5.73 Å². The van der Waals surface area contributed by atoms with E-state index < -0.39 is 11.6 Å². The van der Waals surface area contributed by atoms with Gasteiger partial charge in [0.05, 0.1) is 17.2 Å². The van der Waals surface area contributed by atoms with Crippen molar-refractivity contribution in [1.29, 1.82) is 0 Å². The third-order valence-corrected chi connectivity index (χ3v) is 3.40. The van der Waals surface area contributed by atoms with Crippen molar-refractivity contribution in [2.75, 3.05) is 11.1 Å². The van der Waals surface area contributed by atoms with Crippen LogP contribution in [0.25, 0.3) is 17.0 Å². The molecule has 11 heteroatoms. The fourth-order valence-electron chi connectivity index (χ4n) is 2.39. The first-order valence-corrected chi connectivity index (χ1v) is 7.13. The summed E-state index contributed by atoms with van der Waals surface area (Å²) in [7, 11) is 0. The van der Waals surface area contributed by atoms with Crippen molar-refractivity contribution in [3.63, 3.8) is 0 Å². The number of aromatic nitrogens is 7. The number of nitrogen functional groups attached to an aromatic ring is 1. The lowest BCUT2D eigenvalue weighted by Gasteiger charge is -2.09. The van der Waals surface area contributed by atoms with Crippen LogP contribution in [0.15, 0.2) is 24.4 Å². The molecule has 1 aromatic carbocycles. The Morgan fingerprint density at radius 1 is 1.12 bits per heavy atom. The quantitative estimate of drug-likeness (QED) is 0.518. The summed E-state index contributed by atoms with van der Waals surface area (Å²) in [4.78, 5) is 16.5. The number of halogens is 2. The average molecular weight is 343 g/mol. The summed E-state index contributed by atoms with van der Waals surface area (Å²) in [6.07, 6.45) is 1.54. The number of anilines is 3. The Labute approximate surface area is 139 Å². The number of imidazole rings is 1. The zero-order chi connectivity index (χ0) is 17.6. The van der Waals surface area contributed by atoms with Crippen LogP contribution in [-0.2, 0) is 0 Å². The fourth-order valence-corrected chi connectivity index (χ4v) is 2.39. The molecule has 0 saturated carbocycles. The number of H-pyrrole nitrogens is 1. The molecule has 0 amide bonds. The minimum absolute atomic E-state index is 0.000533. The summed E-state index contributed by atoms with van der Waals surface area (Å²) >= 11 is 0. The van der Waals surface area contributed by atoms with E-state index in [1.54, 1.807) is 19.2 Å². The molecular formula is C14H11F2N9. The molecule has 4 N–H and O–H groups in total. The van der Waals surface area contributed by atoms with E-state index in [1.807, 2.05) is 0 Å². The van der Waals surface area contributed by atoms with Gasteiger partial charge >= 0.3 is 0 Å². The van der Waals surface area contributed by atoms with E-state index in [0.717, 1.165) is 12.1 Å². The SMILES string of the molecule is Cc1nc(N)nc(-n2c(Nc3ccn[nH]3)nc3cc(F)c(F)cc32)n1. The second-order valence-corrected chi connectivity index (χ2v) is 5.16. The van der Waals surface area contributed by atoms with E-state index in [9.17, 15) is 8.78 Å². The van der Waals surface area contributed by atoms with Crippen LogP contribution in [0.3, 0.4) is 0 Å². The number of nitrogens with zero attached hydrogens (tertiary/aromatic N) is 6. The molecule has 0 aliphatic heterocycles. The first-order chi connectivity index (χ1) is 12.0. The van der Waals surface area contributed by atoms with Crippen molar-refractivity contribution in [3.05, 3.63) is 41.9 Å². The van der Waals surface area contributed by atoms with Crippen molar-refractivity contribution in [3.8, 4) is 5.95 Å². The third-order valence-electron chi connectivity index (χ3n) is 3.40. The van der Waals surface area contributed by atoms with Crippen molar-refractivity contribution >= 4 is 28.7 Å². The largest absolute Gasteiger partial charge is 0.368 e. The molecule has 0 radical (unpaired) electrons. The summed E-state index contributed by atoms with van der Waals surface area (Å²) in [5.74, 6) is -0.762. The van der Waals surface area contributed by atoms with Crippen LogP contribution in [-0.4, -0.2) is 34.7 Å². The highest BCUT2D eigenvalue weighted by Gasteiger charge is 2.19. The molecule has 4 rings (SSSR count). The first-order valence-electron chi connectivity index (χ1n) is 7.13. The molecule has 25 heavy (non-hydrogen) atoms. The van der Waals surface area contributed by atoms with Crippen LogP contribution < -0.4 is 11.1 Å². The van der Waals surface area contributed by atoms with Gasteiger partial charge in [-0.15, -0.1) is 0 Å². The molecule has 4 aromatic rings. The number of nitrogens with one attached hydrogen (secondary N) is 2. The van der Waals surface area contributed by atoms with Gasteiger partial charge in [-0.2, -0.15) is 20.1 Å². The van der Waals surface area contributed by atoms with Gasteiger partial charge in [-0.25, -0.2) is 18.3 Å². The van der Waals surface area contributed by atoms with Crippen LogP contribution in [0.5, 0.6) is 0 Å². The summed E-state index contributed by atoms with van der Waals surface area (Å²) in [6.45, 7) is 1.64. The minimum atomic E-state index is -1.01. The molecule has 0 unspecified atom stereocenters. The molecule has 3 heterocycles. The molecule has 3 aromatic heterocycles. The Bertz CT molecular complexity index is 1050. The normalized spacial score (nSPS) is 11.2. The predicted molar refractivity (Wildman–Crippen MR) is 85.4 cm³/mol. The number of aromatic amines is 1. The van der Waals surface area contributed by atoms with Gasteiger partial charge in [-0.05, 0) is 6.92 Å². The van der Waals surface area contributed by atoms with Gasteiger partial charge in [-0.1, -0.05) is 0 Å². The van der Waals surface area contributed by atoms with Crippen LogP contribution in [0.1, 0.15) is 5.82 Å². The third kappa shape index (κ3) is 2.60. The number of hydrogen-bond donors (Lipinski definition) is 3. The van der Waals surface area contributed by atoms with Crippen LogP contribution in [0.2, 0.25) is 0 Å². The van der Waals surface area contributed by atoms with Crippen LogP contribution in [0.4, 0.5) is 26.5 Å². The molecule has 0 atom stereocenters. The van der Waals surface area contributed by atoms with Gasteiger partial charge in [0, 0.05) is 18.2 Å². The highest BCUT2D eigenvalue weighted by atomic mass is 19.2. The number of hydrogen-bond acceptors (Lipinski definition) is 7. The van der Waals surface area contributed by atoms with Crippen molar-refractivity contribution in [1.82, 2.24) is 34.7 Å². The Morgan fingerprint density at radius 3 is 2.64 bits per heavy atom. The molecular weight excluding hydrogens is 332 g/mol. The van der Waals surface area contributed by atoms with Gasteiger partial charge in [0.1, 0.15) is 11.6 Å². The number of fused-ring (bicyclic) bond motifs is 1. The van der Waals surface area contributed by atoms with Crippen LogP contribution in [0, 0.1) is 18.6 Å². The van der Waals surface area contributed by atoms with E-state index in [0.29, 0.717) is 11.6 Å². The second-order valence-electron chi connectivity index (χ2n) is 5.16. The molecule has 0 saturated heterocycles. The zero-order valence-electron chi connectivity index (χ0n) is 12.8. The smallest absolute Gasteiger partial charge is 0.242 e. The van der Waals surface area contributed by atoms with Gasteiger partial charge < -0.3 is 11.1 Å². The summed E-state index contributed by atoms with van der Waals surface area (Å²) < 4.78 is 28.8. The summed E-state index contributed by atoms with van der Waals surface area (Å²) in [6, 6.07) is 3.68. The number of benzene rings is 1. The van der Waals surface area contributed by atoms with E-state index in [1.165, 1.54) is 4.57 Å². The van der Waals surface area contributed by atoms with E-state index in [-0.39, 0.29) is 28.9 Å². The van der Waals surface area contributed by atoms with Gasteiger partial charge in [-0.3, -0.25) is 5.10 Å².